The number of hydrogen-bond donors (Lipinski definition) is 1. The van der Waals surface area contributed by atoms with E-state index in [-0.39, 0.29) is 5.56 Å². The Hall–Kier alpha value is -3.48. The molecule has 27 heavy (non-hydrogen) atoms. The van der Waals surface area contributed by atoms with Gasteiger partial charge in [-0.3, -0.25) is 9.89 Å². The van der Waals surface area contributed by atoms with E-state index in [1.807, 2.05) is 45.0 Å². The van der Waals surface area contributed by atoms with Crippen LogP contribution in [-0.2, 0) is 0 Å². The Bertz CT molecular complexity index is 1210. The van der Waals surface area contributed by atoms with E-state index in [1.165, 1.54) is 10.6 Å². The van der Waals surface area contributed by atoms with Crippen molar-refractivity contribution in [2.75, 3.05) is 7.11 Å². The summed E-state index contributed by atoms with van der Waals surface area (Å²) in [5.41, 5.74) is 5.21. The maximum absolute atomic E-state index is 12.7. The third-order valence-corrected chi connectivity index (χ3v) is 4.61. The van der Waals surface area contributed by atoms with Gasteiger partial charge >= 0.3 is 0 Å². The summed E-state index contributed by atoms with van der Waals surface area (Å²) in [6, 6.07) is 9.16. The van der Waals surface area contributed by atoms with Crippen molar-refractivity contribution in [3.05, 3.63) is 64.0 Å². The summed E-state index contributed by atoms with van der Waals surface area (Å²) in [7, 11) is 1.63. The predicted octanol–water partition coefficient (Wildman–Crippen LogP) is 3.08. The summed E-state index contributed by atoms with van der Waals surface area (Å²) in [4.78, 5) is 26.0. The molecule has 0 bridgehead atoms. The van der Waals surface area contributed by atoms with Crippen LogP contribution < -0.4 is 10.3 Å². The van der Waals surface area contributed by atoms with Crippen molar-refractivity contribution in [2.24, 2.45) is 0 Å². The normalized spacial score (nSPS) is 11.1. The lowest BCUT2D eigenvalue weighted by Crippen LogP contribution is -2.14. The minimum atomic E-state index is -0.183. The molecule has 4 rings (SSSR count). The molecule has 0 atom stereocenters. The van der Waals surface area contributed by atoms with Crippen LogP contribution in [0.1, 0.15) is 17.1 Å². The first-order valence-electron chi connectivity index (χ1n) is 8.55. The maximum atomic E-state index is 12.7. The van der Waals surface area contributed by atoms with Crippen LogP contribution in [0.15, 0.2) is 41.3 Å². The number of aromatic amines is 1. The van der Waals surface area contributed by atoms with Gasteiger partial charge < -0.3 is 4.74 Å². The molecule has 7 heteroatoms. The molecule has 0 aliphatic heterocycles. The lowest BCUT2D eigenvalue weighted by atomic mass is 10.1. The Morgan fingerprint density at radius 2 is 1.81 bits per heavy atom. The lowest BCUT2D eigenvalue weighted by Gasteiger charge is -2.05. The van der Waals surface area contributed by atoms with E-state index in [4.69, 9.17) is 9.72 Å². The highest BCUT2D eigenvalue weighted by molar-refractivity contribution is 5.72. The van der Waals surface area contributed by atoms with Crippen LogP contribution in [0.2, 0.25) is 0 Å². The molecule has 136 valence electrons. The molecule has 0 fully saturated rings. The van der Waals surface area contributed by atoms with Crippen LogP contribution in [0.5, 0.6) is 5.75 Å². The third kappa shape index (κ3) is 2.87. The second-order valence-corrected chi connectivity index (χ2v) is 6.40. The number of aromatic nitrogens is 5. The number of aryl methyl sites for hydroxylation is 3. The van der Waals surface area contributed by atoms with Gasteiger partial charge in [-0.2, -0.15) is 0 Å². The van der Waals surface area contributed by atoms with Gasteiger partial charge in [-0.15, -0.1) is 0 Å². The van der Waals surface area contributed by atoms with E-state index < -0.39 is 0 Å². The monoisotopic (exact) mass is 361 g/mol. The fourth-order valence-electron chi connectivity index (χ4n) is 3.16. The Balaban J connectivity index is 1.90. The van der Waals surface area contributed by atoms with Crippen molar-refractivity contribution < 1.29 is 4.74 Å². The van der Waals surface area contributed by atoms with E-state index in [0.29, 0.717) is 17.2 Å². The minimum Gasteiger partial charge on any atom is -0.497 e. The Morgan fingerprint density at radius 1 is 1.07 bits per heavy atom. The van der Waals surface area contributed by atoms with E-state index in [1.54, 1.807) is 13.3 Å². The summed E-state index contributed by atoms with van der Waals surface area (Å²) in [5, 5.41) is 3.16. The summed E-state index contributed by atoms with van der Waals surface area (Å²) in [6.07, 6.45) is 1.71. The number of fused-ring (bicyclic) bond motifs is 1. The van der Waals surface area contributed by atoms with Gasteiger partial charge in [-0.05, 0) is 45.0 Å². The number of methoxy groups -OCH3 is 1. The van der Waals surface area contributed by atoms with E-state index in [0.717, 1.165) is 33.8 Å². The first-order chi connectivity index (χ1) is 13.0. The highest BCUT2D eigenvalue weighted by atomic mass is 16.5. The first-order valence-corrected chi connectivity index (χ1v) is 8.55. The van der Waals surface area contributed by atoms with Crippen LogP contribution in [-0.4, -0.2) is 31.7 Å². The maximum Gasteiger partial charge on any atom is 0.273 e. The molecular weight excluding hydrogens is 342 g/mol. The molecule has 0 spiro atoms. The molecule has 0 saturated heterocycles. The molecule has 4 aromatic rings. The third-order valence-electron chi connectivity index (χ3n) is 4.61. The van der Waals surface area contributed by atoms with Crippen molar-refractivity contribution in [1.82, 2.24) is 24.6 Å². The van der Waals surface area contributed by atoms with E-state index >= 15 is 0 Å². The second-order valence-electron chi connectivity index (χ2n) is 6.40. The van der Waals surface area contributed by atoms with Gasteiger partial charge in [0.1, 0.15) is 11.6 Å². The summed E-state index contributed by atoms with van der Waals surface area (Å²) in [5.74, 6) is 1.47. The van der Waals surface area contributed by atoms with Crippen LogP contribution in [0, 0.1) is 20.8 Å². The molecule has 1 N–H and O–H groups in total. The fourth-order valence-corrected chi connectivity index (χ4v) is 3.16. The second kappa shape index (κ2) is 6.35. The van der Waals surface area contributed by atoms with Gasteiger partial charge in [-0.25, -0.2) is 19.5 Å². The standard InChI is InChI=1S/C20H19N5O2/c1-11-19(14-5-7-15(27-4)8-6-14)24-25-18(26)9-17(23-20(11)25)16-10-21-13(3)22-12(16)2/h5-10,24H,1-4H3. The van der Waals surface area contributed by atoms with Crippen LogP contribution in [0.4, 0.5) is 0 Å². The molecule has 7 nitrogen and oxygen atoms in total. The van der Waals surface area contributed by atoms with Crippen molar-refractivity contribution in [3.63, 3.8) is 0 Å². The number of H-pyrrole nitrogens is 1. The number of benzene rings is 1. The van der Waals surface area contributed by atoms with Gasteiger partial charge in [0.15, 0.2) is 5.65 Å². The molecule has 0 unspecified atom stereocenters. The largest absolute Gasteiger partial charge is 0.497 e. The number of ether oxygens (including phenoxy) is 1. The fraction of sp³-hybridized carbons (Fsp3) is 0.200. The van der Waals surface area contributed by atoms with Gasteiger partial charge in [0.05, 0.1) is 24.2 Å². The average Bonchev–Trinajstić information content (AvgIpc) is 2.99. The van der Waals surface area contributed by atoms with Crippen molar-refractivity contribution in [2.45, 2.75) is 20.8 Å². The van der Waals surface area contributed by atoms with Crippen LogP contribution in [0.3, 0.4) is 0 Å². The molecule has 0 saturated carbocycles. The Kier molecular flexibility index (Phi) is 3.99. The molecule has 0 amide bonds. The minimum absolute atomic E-state index is 0.183. The lowest BCUT2D eigenvalue weighted by molar-refractivity contribution is 0.415. The molecule has 3 heterocycles. The van der Waals surface area contributed by atoms with Gasteiger partial charge in [-0.1, -0.05) is 0 Å². The molecule has 0 aliphatic carbocycles. The molecular formula is C20H19N5O2. The average molecular weight is 361 g/mol. The number of nitrogens with one attached hydrogen (secondary N) is 1. The molecule has 0 radical (unpaired) electrons. The van der Waals surface area contributed by atoms with E-state index in [2.05, 4.69) is 15.1 Å². The van der Waals surface area contributed by atoms with Gasteiger partial charge in [0, 0.05) is 29.0 Å². The summed E-state index contributed by atoms with van der Waals surface area (Å²) >= 11 is 0. The molecule has 0 aliphatic rings. The quantitative estimate of drug-likeness (QED) is 0.606. The van der Waals surface area contributed by atoms with Crippen molar-refractivity contribution in [1.29, 1.82) is 0 Å². The zero-order valence-electron chi connectivity index (χ0n) is 15.6. The number of nitrogens with zero attached hydrogens (tertiary/aromatic N) is 4. The Morgan fingerprint density at radius 3 is 2.48 bits per heavy atom. The SMILES string of the molecule is COc1ccc(-c2[nH]n3c(=O)cc(-c4cnc(C)nc4C)nc3c2C)cc1. The molecule has 3 aromatic heterocycles. The highest BCUT2D eigenvalue weighted by Crippen LogP contribution is 2.27. The molecule has 1 aromatic carbocycles. The summed E-state index contributed by atoms with van der Waals surface area (Å²) in [6.45, 7) is 5.67. The zero-order valence-corrected chi connectivity index (χ0v) is 15.6. The van der Waals surface area contributed by atoms with E-state index in [9.17, 15) is 4.79 Å². The zero-order chi connectivity index (χ0) is 19.1. The smallest absolute Gasteiger partial charge is 0.273 e. The number of rotatable bonds is 3. The van der Waals surface area contributed by atoms with Gasteiger partial charge in [0.2, 0.25) is 0 Å². The van der Waals surface area contributed by atoms with Gasteiger partial charge in [0.25, 0.3) is 5.56 Å². The first kappa shape index (κ1) is 17.0. The topological polar surface area (TPSA) is 85.2 Å². The summed E-state index contributed by atoms with van der Waals surface area (Å²) < 4.78 is 6.67. The van der Waals surface area contributed by atoms with Crippen LogP contribution in [0.25, 0.3) is 28.2 Å². The van der Waals surface area contributed by atoms with Crippen molar-refractivity contribution >= 4 is 5.65 Å². The van der Waals surface area contributed by atoms with Crippen molar-refractivity contribution in [3.8, 4) is 28.3 Å². The highest BCUT2D eigenvalue weighted by Gasteiger charge is 2.15. The number of hydrogen-bond acceptors (Lipinski definition) is 5. The van der Waals surface area contributed by atoms with Crippen LogP contribution >= 0.6 is 0 Å². The predicted molar refractivity (Wildman–Crippen MR) is 103 cm³/mol. The Labute approximate surface area is 155 Å².